The topological polar surface area (TPSA) is 24.7 Å². The Morgan fingerprint density at radius 1 is 1.83 bits per heavy atom. The van der Waals surface area contributed by atoms with E-state index in [-0.39, 0.29) is 0 Å². The van der Waals surface area contributed by atoms with Crippen LogP contribution in [0.25, 0.3) is 0 Å². The second-order valence-electron chi connectivity index (χ2n) is 1.34. The van der Waals surface area contributed by atoms with E-state index < -0.39 is 0 Å². The van der Waals surface area contributed by atoms with Crippen molar-refractivity contribution >= 4 is 19.0 Å². The van der Waals surface area contributed by atoms with Crippen LogP contribution < -0.4 is 0 Å². The Kier molecular flexibility index (Phi) is 0.745. The molecule has 0 aromatic heterocycles. The lowest BCUT2D eigenvalue weighted by molar-refractivity contribution is 1.28. The van der Waals surface area contributed by atoms with Crippen molar-refractivity contribution in [1.29, 1.82) is 0 Å². The first-order valence-corrected chi connectivity index (χ1v) is 1.94. The molecule has 0 unspecified atom stereocenters. The van der Waals surface area contributed by atoms with Crippen molar-refractivity contribution in [2.45, 2.75) is 6.92 Å². The predicted molar refractivity (Wildman–Crippen MR) is 28.7 cm³/mol. The first-order chi connectivity index (χ1) is 2.89. The molecule has 0 amide bonds. The summed E-state index contributed by atoms with van der Waals surface area (Å²) >= 11 is 0. The summed E-state index contributed by atoms with van der Waals surface area (Å²) in [6, 6.07) is 0. The number of rotatable bonds is 0. The fraction of sp³-hybridized carbons (Fsp3) is 0.333. The second-order valence-corrected chi connectivity index (χ2v) is 1.34. The van der Waals surface area contributed by atoms with Gasteiger partial charge in [-0.2, -0.15) is 10.2 Å². The molecular formula is C3H5BN2. The summed E-state index contributed by atoms with van der Waals surface area (Å²) in [5.41, 5.74) is 1.11. The Bertz CT molecular complexity index is 105. The highest BCUT2D eigenvalue weighted by atomic mass is 15.2. The average molecular weight is 79.9 g/mol. The van der Waals surface area contributed by atoms with Gasteiger partial charge in [-0.3, -0.25) is 0 Å². The SMILES string of the molecule is CC1=NN=CB1. The maximum Gasteiger partial charge on any atom is 0.229 e. The maximum absolute atomic E-state index is 3.72. The highest BCUT2D eigenvalue weighted by Gasteiger charge is 1.93. The summed E-state index contributed by atoms with van der Waals surface area (Å²) in [6.45, 7) is 1.97. The van der Waals surface area contributed by atoms with E-state index in [1.165, 1.54) is 0 Å². The predicted octanol–water partition coefficient (Wildman–Crippen LogP) is -0.202. The summed E-state index contributed by atoms with van der Waals surface area (Å²) in [5, 5.41) is 7.35. The Hall–Kier alpha value is -0.595. The van der Waals surface area contributed by atoms with E-state index in [9.17, 15) is 0 Å². The molecule has 2 nitrogen and oxygen atoms in total. The van der Waals surface area contributed by atoms with Crippen LogP contribution in [-0.2, 0) is 0 Å². The van der Waals surface area contributed by atoms with Crippen molar-refractivity contribution in [3.63, 3.8) is 0 Å². The molecule has 0 atom stereocenters. The summed E-state index contributed by atoms with van der Waals surface area (Å²) in [4.78, 5) is 0. The quantitative estimate of drug-likeness (QED) is 0.360. The summed E-state index contributed by atoms with van der Waals surface area (Å²) in [6.07, 6.45) is 1.80. The van der Waals surface area contributed by atoms with Crippen molar-refractivity contribution in [1.82, 2.24) is 0 Å². The molecule has 6 heavy (non-hydrogen) atoms. The Labute approximate surface area is 37.2 Å². The molecule has 1 aliphatic rings. The minimum atomic E-state index is 0.944. The van der Waals surface area contributed by atoms with Crippen LogP contribution in [0.4, 0.5) is 0 Å². The van der Waals surface area contributed by atoms with E-state index in [0.717, 1.165) is 12.9 Å². The lowest BCUT2D eigenvalue weighted by atomic mass is 9.76. The van der Waals surface area contributed by atoms with Gasteiger partial charge in [0.25, 0.3) is 0 Å². The van der Waals surface area contributed by atoms with Crippen molar-refractivity contribution in [2.24, 2.45) is 10.2 Å². The highest BCUT2D eigenvalue weighted by molar-refractivity contribution is 6.95. The van der Waals surface area contributed by atoms with Crippen LogP contribution in [0.5, 0.6) is 0 Å². The Morgan fingerprint density at radius 3 is 2.83 bits per heavy atom. The van der Waals surface area contributed by atoms with Crippen LogP contribution >= 0.6 is 0 Å². The lowest BCUT2D eigenvalue weighted by Gasteiger charge is -1.71. The maximum atomic E-state index is 3.72. The van der Waals surface area contributed by atoms with Gasteiger partial charge in [0.15, 0.2) is 0 Å². The van der Waals surface area contributed by atoms with E-state index in [0.29, 0.717) is 0 Å². The molecule has 0 bridgehead atoms. The monoisotopic (exact) mass is 80.1 g/mol. The number of hydrogen-bond donors (Lipinski definition) is 0. The molecule has 0 aromatic rings. The van der Waals surface area contributed by atoms with Crippen LogP contribution in [0.15, 0.2) is 10.2 Å². The van der Waals surface area contributed by atoms with Crippen LogP contribution in [-0.4, -0.2) is 19.0 Å². The molecule has 1 heterocycles. The molecule has 0 saturated carbocycles. The molecule has 0 saturated heterocycles. The molecule has 3 heteroatoms. The van der Waals surface area contributed by atoms with Gasteiger partial charge in [-0.15, -0.1) is 0 Å². The molecule has 1 aliphatic heterocycles. The zero-order chi connectivity index (χ0) is 4.41. The van der Waals surface area contributed by atoms with E-state index in [2.05, 4.69) is 10.2 Å². The van der Waals surface area contributed by atoms with Gasteiger partial charge in [-0.1, -0.05) is 0 Å². The van der Waals surface area contributed by atoms with Crippen molar-refractivity contribution < 1.29 is 0 Å². The first kappa shape index (κ1) is 3.59. The number of hydrogen-bond acceptors (Lipinski definition) is 2. The molecule has 0 fully saturated rings. The van der Waals surface area contributed by atoms with Crippen LogP contribution in [0.2, 0.25) is 0 Å². The number of nitrogens with zero attached hydrogens (tertiary/aromatic N) is 2. The van der Waals surface area contributed by atoms with Gasteiger partial charge < -0.3 is 0 Å². The van der Waals surface area contributed by atoms with Gasteiger partial charge >= 0.3 is 0 Å². The van der Waals surface area contributed by atoms with E-state index in [1.54, 1.807) is 6.11 Å². The minimum absolute atomic E-state index is 0.944. The zero-order valence-corrected chi connectivity index (χ0v) is 3.68. The van der Waals surface area contributed by atoms with Gasteiger partial charge in [0.1, 0.15) is 0 Å². The van der Waals surface area contributed by atoms with Crippen LogP contribution in [0.3, 0.4) is 0 Å². The third-order valence-electron chi connectivity index (χ3n) is 0.697. The van der Waals surface area contributed by atoms with E-state index in [1.807, 2.05) is 6.92 Å². The summed E-state index contributed by atoms with van der Waals surface area (Å²) in [5.74, 6) is 0. The summed E-state index contributed by atoms with van der Waals surface area (Å²) in [7, 11) is 0.944. The van der Waals surface area contributed by atoms with Crippen molar-refractivity contribution in [2.75, 3.05) is 0 Å². The molecule has 0 radical (unpaired) electrons. The Morgan fingerprint density at radius 2 is 2.67 bits per heavy atom. The highest BCUT2D eigenvalue weighted by Crippen LogP contribution is 1.81. The smallest absolute Gasteiger partial charge is 0.174 e. The van der Waals surface area contributed by atoms with Crippen LogP contribution in [0, 0.1) is 0 Å². The first-order valence-electron chi connectivity index (χ1n) is 1.94. The van der Waals surface area contributed by atoms with E-state index in [4.69, 9.17) is 0 Å². The normalized spacial score (nSPS) is 17.2. The fourth-order valence-corrected chi connectivity index (χ4v) is 0.353. The van der Waals surface area contributed by atoms with Gasteiger partial charge in [-0.05, 0) is 13.0 Å². The van der Waals surface area contributed by atoms with Crippen molar-refractivity contribution in [3.8, 4) is 0 Å². The third kappa shape index (κ3) is 0.480. The second kappa shape index (κ2) is 1.24. The summed E-state index contributed by atoms with van der Waals surface area (Å²) < 4.78 is 0. The van der Waals surface area contributed by atoms with Gasteiger partial charge in [0.05, 0.1) is 0 Å². The Balaban J connectivity index is 2.61. The molecule has 1 rings (SSSR count). The molecule has 0 spiro atoms. The molecule has 0 aliphatic carbocycles. The van der Waals surface area contributed by atoms with Gasteiger partial charge in [0.2, 0.25) is 7.28 Å². The lowest BCUT2D eigenvalue weighted by Crippen LogP contribution is -1.98. The zero-order valence-electron chi connectivity index (χ0n) is 3.68. The standard InChI is InChI=1S/C3H5BN2/c1-3-4-2-5-6-3/h2,4H,1H3. The van der Waals surface area contributed by atoms with Crippen LogP contribution in [0.1, 0.15) is 6.92 Å². The molecule has 0 N–H and O–H groups in total. The van der Waals surface area contributed by atoms with Gasteiger partial charge in [0, 0.05) is 5.61 Å². The third-order valence-corrected chi connectivity index (χ3v) is 0.697. The average Bonchev–Trinajstić information content (AvgIpc) is 1.86. The fourth-order valence-electron chi connectivity index (χ4n) is 0.353. The molecular weight excluding hydrogens is 74.9 g/mol. The molecule has 30 valence electrons. The largest absolute Gasteiger partial charge is 0.229 e. The van der Waals surface area contributed by atoms with Gasteiger partial charge in [-0.25, -0.2) is 0 Å². The minimum Gasteiger partial charge on any atom is -0.174 e. The van der Waals surface area contributed by atoms with E-state index >= 15 is 0 Å². The molecule has 0 aromatic carbocycles. The van der Waals surface area contributed by atoms with Crippen molar-refractivity contribution in [3.05, 3.63) is 0 Å².